The van der Waals surface area contributed by atoms with Crippen LogP contribution < -0.4 is 0 Å². The van der Waals surface area contributed by atoms with E-state index < -0.39 is 5.97 Å². The molecule has 0 radical (unpaired) electrons. The fourth-order valence-electron chi connectivity index (χ4n) is 4.83. The third-order valence-electron chi connectivity index (χ3n) is 6.10. The third kappa shape index (κ3) is 4.90. The molecule has 4 nitrogen and oxygen atoms in total. The van der Waals surface area contributed by atoms with E-state index in [4.69, 9.17) is 5.11 Å². The van der Waals surface area contributed by atoms with Gasteiger partial charge in [0.05, 0.1) is 0 Å². The lowest BCUT2D eigenvalue weighted by Gasteiger charge is -2.34. The van der Waals surface area contributed by atoms with Crippen LogP contribution in [0.15, 0.2) is 0 Å². The molecular weight excluding hydrogens is 304 g/mol. The Hall–Kier alpha value is -1.19. The van der Waals surface area contributed by atoms with Crippen molar-refractivity contribution in [3.05, 3.63) is 0 Å². The van der Waals surface area contributed by atoms with Crippen LogP contribution >= 0.6 is 0 Å². The molecule has 1 N–H and O–H groups in total. The SMILES string of the molecule is CCCC[C@H]1C(=O)CC[C@H]2[C@@H]1CC(=O)[C@H]2CCCCCCC(=O)O. The molecule has 136 valence electrons. The van der Waals surface area contributed by atoms with Crippen LogP contribution in [0.3, 0.4) is 0 Å². The van der Waals surface area contributed by atoms with Gasteiger partial charge in [0.25, 0.3) is 0 Å². The molecule has 0 aromatic rings. The molecule has 4 heteroatoms. The van der Waals surface area contributed by atoms with Crippen molar-refractivity contribution in [2.75, 3.05) is 0 Å². The molecule has 24 heavy (non-hydrogen) atoms. The molecule has 0 bridgehead atoms. The van der Waals surface area contributed by atoms with Crippen molar-refractivity contribution < 1.29 is 19.5 Å². The Labute approximate surface area is 145 Å². The van der Waals surface area contributed by atoms with Crippen LogP contribution in [-0.4, -0.2) is 22.6 Å². The predicted molar refractivity (Wildman–Crippen MR) is 92.7 cm³/mol. The lowest BCUT2D eigenvalue weighted by Crippen LogP contribution is -2.34. The maximum absolute atomic E-state index is 12.5. The van der Waals surface area contributed by atoms with Crippen molar-refractivity contribution in [1.29, 1.82) is 0 Å². The second-order valence-corrected chi connectivity index (χ2v) is 7.70. The fourth-order valence-corrected chi connectivity index (χ4v) is 4.83. The number of fused-ring (bicyclic) bond motifs is 1. The van der Waals surface area contributed by atoms with E-state index in [1.54, 1.807) is 0 Å². The van der Waals surface area contributed by atoms with Gasteiger partial charge in [-0.2, -0.15) is 0 Å². The van der Waals surface area contributed by atoms with Crippen LogP contribution in [0.4, 0.5) is 0 Å². The number of aliphatic carboxylic acids is 1. The van der Waals surface area contributed by atoms with E-state index in [0.29, 0.717) is 36.2 Å². The van der Waals surface area contributed by atoms with Crippen molar-refractivity contribution in [2.45, 2.75) is 84.0 Å². The van der Waals surface area contributed by atoms with Crippen molar-refractivity contribution in [3.63, 3.8) is 0 Å². The highest BCUT2D eigenvalue weighted by Crippen LogP contribution is 2.48. The first-order valence-corrected chi connectivity index (χ1v) is 9.81. The standard InChI is InChI=1S/C20H32O4/c1-2-3-8-16-17-13-19(22)15(14(17)11-12-18(16)21)9-6-4-5-7-10-20(23)24/h14-17H,2-13H2,1H3,(H,23,24)/t14-,15+,16-,17+/m1/s1. The van der Waals surface area contributed by atoms with Gasteiger partial charge in [0.1, 0.15) is 11.6 Å². The summed E-state index contributed by atoms with van der Waals surface area (Å²) in [7, 11) is 0. The molecule has 0 amide bonds. The van der Waals surface area contributed by atoms with Crippen molar-refractivity contribution in [2.24, 2.45) is 23.7 Å². The summed E-state index contributed by atoms with van der Waals surface area (Å²) in [5, 5.41) is 8.64. The molecule has 0 aromatic carbocycles. The molecule has 2 saturated carbocycles. The number of Topliss-reactive ketones (excluding diaryl/α,β-unsaturated/α-hetero) is 2. The number of unbranched alkanes of at least 4 members (excludes halogenated alkanes) is 4. The second kappa shape index (κ2) is 9.33. The topological polar surface area (TPSA) is 71.4 Å². The van der Waals surface area contributed by atoms with Gasteiger partial charge in [-0.1, -0.05) is 39.0 Å². The molecule has 4 atom stereocenters. The molecule has 0 heterocycles. The maximum Gasteiger partial charge on any atom is 0.303 e. The van der Waals surface area contributed by atoms with Crippen LogP contribution in [0.1, 0.15) is 84.0 Å². The number of carbonyl (C=O) groups excluding carboxylic acids is 2. The van der Waals surface area contributed by atoms with E-state index >= 15 is 0 Å². The summed E-state index contributed by atoms with van der Waals surface area (Å²) in [5.74, 6) is 1.07. The summed E-state index contributed by atoms with van der Waals surface area (Å²) in [5.41, 5.74) is 0. The Kier molecular flexibility index (Phi) is 7.44. The zero-order valence-electron chi connectivity index (χ0n) is 15.0. The van der Waals surface area contributed by atoms with Crippen LogP contribution in [0.25, 0.3) is 0 Å². The quantitative estimate of drug-likeness (QED) is 0.600. The Morgan fingerprint density at radius 1 is 0.958 bits per heavy atom. The van der Waals surface area contributed by atoms with Crippen LogP contribution in [0.5, 0.6) is 0 Å². The predicted octanol–water partition coefficient (Wildman–Crippen LogP) is 4.40. The molecule has 0 unspecified atom stereocenters. The van der Waals surface area contributed by atoms with Gasteiger partial charge < -0.3 is 5.11 Å². The van der Waals surface area contributed by atoms with Gasteiger partial charge in [-0.25, -0.2) is 0 Å². The van der Waals surface area contributed by atoms with Gasteiger partial charge in [0.15, 0.2) is 0 Å². The summed E-state index contributed by atoms with van der Waals surface area (Å²) in [4.78, 5) is 35.3. The zero-order chi connectivity index (χ0) is 17.5. The fraction of sp³-hybridized carbons (Fsp3) is 0.850. The van der Waals surface area contributed by atoms with Crippen LogP contribution in [-0.2, 0) is 14.4 Å². The number of rotatable bonds is 10. The van der Waals surface area contributed by atoms with Gasteiger partial charge >= 0.3 is 5.97 Å². The first-order chi connectivity index (χ1) is 11.5. The monoisotopic (exact) mass is 336 g/mol. The number of hydrogen-bond donors (Lipinski definition) is 1. The maximum atomic E-state index is 12.5. The average molecular weight is 336 g/mol. The summed E-state index contributed by atoms with van der Waals surface area (Å²) in [6.45, 7) is 2.15. The average Bonchev–Trinajstić information content (AvgIpc) is 2.85. The lowest BCUT2D eigenvalue weighted by atomic mass is 9.69. The van der Waals surface area contributed by atoms with Crippen molar-refractivity contribution in [3.8, 4) is 0 Å². The molecule has 0 aliphatic heterocycles. The number of carboxylic acid groups (broad SMARTS) is 1. The third-order valence-corrected chi connectivity index (χ3v) is 6.10. The minimum Gasteiger partial charge on any atom is -0.481 e. The largest absolute Gasteiger partial charge is 0.481 e. The van der Waals surface area contributed by atoms with E-state index in [-0.39, 0.29) is 18.3 Å². The van der Waals surface area contributed by atoms with Gasteiger partial charge in [-0.3, -0.25) is 14.4 Å². The van der Waals surface area contributed by atoms with E-state index in [0.717, 1.165) is 57.8 Å². The highest BCUT2D eigenvalue weighted by molar-refractivity contribution is 5.88. The summed E-state index contributed by atoms with van der Waals surface area (Å²) in [6.07, 6.45) is 10.2. The van der Waals surface area contributed by atoms with Crippen LogP contribution in [0.2, 0.25) is 0 Å². The summed E-state index contributed by atoms with van der Waals surface area (Å²) >= 11 is 0. The number of ketones is 2. The smallest absolute Gasteiger partial charge is 0.303 e. The molecule has 0 spiro atoms. The van der Waals surface area contributed by atoms with Crippen molar-refractivity contribution in [1.82, 2.24) is 0 Å². The zero-order valence-corrected chi connectivity index (χ0v) is 15.0. The Balaban J connectivity index is 1.81. The second-order valence-electron chi connectivity index (χ2n) is 7.70. The highest BCUT2D eigenvalue weighted by atomic mass is 16.4. The molecule has 2 rings (SSSR count). The van der Waals surface area contributed by atoms with Gasteiger partial charge in [-0.05, 0) is 37.5 Å². The van der Waals surface area contributed by atoms with E-state index in [9.17, 15) is 14.4 Å². The normalized spacial score (nSPS) is 29.7. The highest BCUT2D eigenvalue weighted by Gasteiger charge is 2.48. The Morgan fingerprint density at radius 2 is 1.62 bits per heavy atom. The molecule has 2 aliphatic rings. The van der Waals surface area contributed by atoms with Crippen LogP contribution in [0, 0.1) is 23.7 Å². The van der Waals surface area contributed by atoms with E-state index in [2.05, 4.69) is 6.92 Å². The van der Waals surface area contributed by atoms with Gasteiger partial charge in [0.2, 0.25) is 0 Å². The van der Waals surface area contributed by atoms with Gasteiger partial charge in [0, 0.05) is 31.1 Å². The molecule has 0 saturated heterocycles. The lowest BCUT2D eigenvalue weighted by molar-refractivity contribution is -0.137. The molecule has 2 aliphatic carbocycles. The first-order valence-electron chi connectivity index (χ1n) is 9.81. The molecule has 2 fully saturated rings. The minimum absolute atomic E-state index is 0.133. The summed E-state index contributed by atoms with van der Waals surface area (Å²) in [6, 6.07) is 0. The van der Waals surface area contributed by atoms with E-state index in [1.165, 1.54) is 0 Å². The van der Waals surface area contributed by atoms with Crippen molar-refractivity contribution >= 4 is 17.5 Å². The molecule has 0 aromatic heterocycles. The summed E-state index contributed by atoms with van der Waals surface area (Å²) < 4.78 is 0. The molecular formula is C20H32O4. The first kappa shape index (κ1) is 19.1. The number of hydrogen-bond acceptors (Lipinski definition) is 3. The number of carbonyl (C=O) groups is 3. The Morgan fingerprint density at radius 3 is 2.33 bits per heavy atom. The van der Waals surface area contributed by atoms with E-state index in [1.807, 2.05) is 0 Å². The van der Waals surface area contributed by atoms with Gasteiger partial charge in [-0.15, -0.1) is 0 Å². The minimum atomic E-state index is -0.728. The number of carboxylic acids is 1. The Bertz CT molecular complexity index is 457.